The highest BCUT2D eigenvalue weighted by Crippen LogP contribution is 2.28. The Labute approximate surface area is 107 Å². The molecule has 0 aromatic rings. The van der Waals surface area contributed by atoms with Crippen molar-refractivity contribution in [3.63, 3.8) is 0 Å². The SMILES string of the molecule is CNCCC1CCCCN1C1CC(C)N(C)C1. The predicted octanol–water partition coefficient (Wildman–Crippen LogP) is 1.54. The molecule has 0 amide bonds. The molecule has 2 heterocycles. The van der Waals surface area contributed by atoms with Gasteiger partial charge in [0.15, 0.2) is 0 Å². The van der Waals surface area contributed by atoms with Gasteiger partial charge in [0, 0.05) is 24.7 Å². The molecule has 0 aromatic heterocycles. The van der Waals surface area contributed by atoms with Crippen LogP contribution in [0, 0.1) is 0 Å². The van der Waals surface area contributed by atoms with E-state index in [1.54, 1.807) is 0 Å². The summed E-state index contributed by atoms with van der Waals surface area (Å²) >= 11 is 0. The van der Waals surface area contributed by atoms with Gasteiger partial charge in [-0.2, -0.15) is 0 Å². The quantitative estimate of drug-likeness (QED) is 0.803. The van der Waals surface area contributed by atoms with Gasteiger partial charge in [0.2, 0.25) is 0 Å². The second-order valence-electron chi connectivity index (χ2n) is 5.96. The van der Waals surface area contributed by atoms with E-state index in [1.807, 2.05) is 0 Å². The van der Waals surface area contributed by atoms with Gasteiger partial charge in [-0.25, -0.2) is 0 Å². The molecule has 17 heavy (non-hydrogen) atoms. The Morgan fingerprint density at radius 2 is 2.12 bits per heavy atom. The van der Waals surface area contributed by atoms with Crippen LogP contribution in [-0.2, 0) is 0 Å². The lowest BCUT2D eigenvalue weighted by Crippen LogP contribution is -2.48. The molecule has 2 aliphatic rings. The van der Waals surface area contributed by atoms with E-state index in [-0.39, 0.29) is 0 Å². The molecule has 2 aliphatic heterocycles. The zero-order valence-corrected chi connectivity index (χ0v) is 11.8. The molecular weight excluding hydrogens is 210 g/mol. The molecular formula is C14H29N3. The largest absolute Gasteiger partial charge is 0.320 e. The Kier molecular flexibility index (Phi) is 4.83. The summed E-state index contributed by atoms with van der Waals surface area (Å²) in [7, 11) is 4.34. The van der Waals surface area contributed by atoms with Crippen molar-refractivity contribution < 1.29 is 0 Å². The first kappa shape index (κ1) is 13.3. The van der Waals surface area contributed by atoms with Crippen molar-refractivity contribution >= 4 is 0 Å². The summed E-state index contributed by atoms with van der Waals surface area (Å²) in [5.74, 6) is 0. The highest BCUT2D eigenvalue weighted by atomic mass is 15.3. The van der Waals surface area contributed by atoms with Crippen LogP contribution in [0.2, 0.25) is 0 Å². The molecule has 3 nitrogen and oxygen atoms in total. The van der Waals surface area contributed by atoms with E-state index in [2.05, 4.69) is 36.1 Å². The maximum atomic E-state index is 3.31. The van der Waals surface area contributed by atoms with Crippen LogP contribution in [0.4, 0.5) is 0 Å². The van der Waals surface area contributed by atoms with Crippen LogP contribution in [0.5, 0.6) is 0 Å². The second kappa shape index (κ2) is 6.17. The molecule has 2 rings (SSSR count). The number of likely N-dealkylation sites (N-methyl/N-ethyl adjacent to an activating group) is 1. The molecule has 100 valence electrons. The monoisotopic (exact) mass is 239 g/mol. The van der Waals surface area contributed by atoms with Crippen molar-refractivity contribution in [2.45, 2.75) is 57.2 Å². The fraction of sp³-hybridized carbons (Fsp3) is 1.00. The molecule has 3 unspecified atom stereocenters. The summed E-state index contributed by atoms with van der Waals surface area (Å²) < 4.78 is 0. The summed E-state index contributed by atoms with van der Waals surface area (Å²) in [5, 5.41) is 3.31. The highest BCUT2D eigenvalue weighted by Gasteiger charge is 2.34. The van der Waals surface area contributed by atoms with Gasteiger partial charge in [0.05, 0.1) is 0 Å². The van der Waals surface area contributed by atoms with Crippen molar-refractivity contribution in [2.24, 2.45) is 0 Å². The topological polar surface area (TPSA) is 18.5 Å². The first-order valence-electron chi connectivity index (χ1n) is 7.33. The maximum absolute atomic E-state index is 3.31. The fourth-order valence-electron chi connectivity index (χ4n) is 3.53. The number of likely N-dealkylation sites (tertiary alicyclic amines) is 2. The van der Waals surface area contributed by atoms with E-state index in [9.17, 15) is 0 Å². The summed E-state index contributed by atoms with van der Waals surface area (Å²) in [4.78, 5) is 5.34. The molecule has 2 fully saturated rings. The van der Waals surface area contributed by atoms with Crippen molar-refractivity contribution in [3.8, 4) is 0 Å². The third-order valence-corrected chi connectivity index (χ3v) is 4.73. The van der Waals surface area contributed by atoms with Crippen molar-refractivity contribution in [3.05, 3.63) is 0 Å². The molecule has 1 N–H and O–H groups in total. The lowest BCUT2D eigenvalue weighted by atomic mass is 9.96. The van der Waals surface area contributed by atoms with E-state index >= 15 is 0 Å². The van der Waals surface area contributed by atoms with Crippen LogP contribution < -0.4 is 5.32 Å². The first-order chi connectivity index (χ1) is 8.22. The molecule has 0 aliphatic carbocycles. The van der Waals surface area contributed by atoms with Crippen LogP contribution in [0.25, 0.3) is 0 Å². The fourth-order valence-corrected chi connectivity index (χ4v) is 3.53. The summed E-state index contributed by atoms with van der Waals surface area (Å²) in [6.45, 7) is 6.14. The maximum Gasteiger partial charge on any atom is 0.0240 e. The number of piperidine rings is 1. The average Bonchev–Trinajstić information content (AvgIpc) is 2.67. The zero-order valence-electron chi connectivity index (χ0n) is 11.8. The summed E-state index contributed by atoms with van der Waals surface area (Å²) in [6.07, 6.45) is 6.95. The van der Waals surface area contributed by atoms with Gasteiger partial charge in [-0.05, 0) is 59.8 Å². The highest BCUT2D eigenvalue weighted by molar-refractivity contribution is 4.91. The van der Waals surface area contributed by atoms with Gasteiger partial charge in [-0.15, -0.1) is 0 Å². The third-order valence-electron chi connectivity index (χ3n) is 4.73. The predicted molar refractivity (Wildman–Crippen MR) is 73.4 cm³/mol. The van der Waals surface area contributed by atoms with Crippen molar-refractivity contribution in [1.29, 1.82) is 0 Å². The molecule has 0 saturated carbocycles. The van der Waals surface area contributed by atoms with Gasteiger partial charge in [0.1, 0.15) is 0 Å². The number of nitrogens with zero attached hydrogens (tertiary/aromatic N) is 2. The van der Waals surface area contributed by atoms with Gasteiger partial charge in [0.25, 0.3) is 0 Å². The number of nitrogens with one attached hydrogen (secondary N) is 1. The van der Waals surface area contributed by atoms with Crippen LogP contribution in [0.3, 0.4) is 0 Å². The van der Waals surface area contributed by atoms with E-state index in [1.165, 1.54) is 51.7 Å². The third kappa shape index (κ3) is 3.21. The normalized spacial score (nSPS) is 36.5. The van der Waals surface area contributed by atoms with Crippen LogP contribution in [0.1, 0.15) is 39.0 Å². The van der Waals surface area contributed by atoms with Crippen LogP contribution >= 0.6 is 0 Å². The van der Waals surface area contributed by atoms with Crippen molar-refractivity contribution in [1.82, 2.24) is 15.1 Å². The van der Waals surface area contributed by atoms with E-state index in [0.717, 1.165) is 18.1 Å². The Morgan fingerprint density at radius 3 is 2.76 bits per heavy atom. The lowest BCUT2D eigenvalue weighted by molar-refractivity contribution is 0.0928. The number of hydrogen-bond donors (Lipinski definition) is 1. The number of hydrogen-bond acceptors (Lipinski definition) is 3. The standard InChI is InChI=1S/C14H29N3/c1-12-10-14(11-16(12)3)17-9-5-4-6-13(17)7-8-15-2/h12-15H,4-11H2,1-3H3. The molecule has 3 heteroatoms. The van der Waals surface area contributed by atoms with Gasteiger partial charge in [-0.3, -0.25) is 4.90 Å². The minimum Gasteiger partial charge on any atom is -0.320 e. The van der Waals surface area contributed by atoms with Gasteiger partial charge < -0.3 is 10.2 Å². The summed E-state index contributed by atoms with van der Waals surface area (Å²) in [6, 6.07) is 2.42. The minimum atomic E-state index is 0.770. The molecule has 3 atom stereocenters. The Morgan fingerprint density at radius 1 is 1.29 bits per heavy atom. The minimum absolute atomic E-state index is 0.770. The molecule has 0 bridgehead atoms. The van der Waals surface area contributed by atoms with Gasteiger partial charge >= 0.3 is 0 Å². The van der Waals surface area contributed by atoms with Gasteiger partial charge in [-0.1, -0.05) is 6.42 Å². The van der Waals surface area contributed by atoms with Crippen LogP contribution in [0.15, 0.2) is 0 Å². The molecule has 0 aromatic carbocycles. The van der Waals surface area contributed by atoms with E-state index < -0.39 is 0 Å². The Bertz CT molecular complexity index is 222. The van der Waals surface area contributed by atoms with E-state index in [4.69, 9.17) is 0 Å². The Balaban J connectivity index is 1.91. The molecule has 2 saturated heterocycles. The molecule has 0 spiro atoms. The Hall–Kier alpha value is -0.120. The smallest absolute Gasteiger partial charge is 0.0240 e. The second-order valence-corrected chi connectivity index (χ2v) is 5.96. The van der Waals surface area contributed by atoms with Crippen LogP contribution in [-0.4, -0.2) is 61.7 Å². The number of rotatable bonds is 4. The van der Waals surface area contributed by atoms with Crippen molar-refractivity contribution in [2.75, 3.05) is 33.7 Å². The lowest BCUT2D eigenvalue weighted by Gasteiger charge is -2.40. The molecule has 0 radical (unpaired) electrons. The summed E-state index contributed by atoms with van der Waals surface area (Å²) in [5.41, 5.74) is 0. The average molecular weight is 239 g/mol. The van der Waals surface area contributed by atoms with E-state index in [0.29, 0.717) is 0 Å². The first-order valence-corrected chi connectivity index (χ1v) is 7.33. The zero-order chi connectivity index (χ0) is 12.3.